The molecule has 1 N–H and O–H groups in total. The predicted octanol–water partition coefficient (Wildman–Crippen LogP) is 2.48. The van der Waals surface area contributed by atoms with Gasteiger partial charge in [0.1, 0.15) is 17.2 Å². The molecule has 0 saturated carbocycles. The lowest BCUT2D eigenvalue weighted by Crippen LogP contribution is -2.17. The minimum Gasteiger partial charge on any atom is -0.497 e. The monoisotopic (exact) mass is 314 g/mol. The number of nitrogens with one attached hydrogen (secondary N) is 1. The normalized spacial score (nSPS) is 10.4. The highest BCUT2D eigenvalue weighted by atomic mass is 16.5. The molecule has 0 aromatic heterocycles. The fraction of sp³-hybridized carbons (Fsp3) is 0.176. The summed E-state index contributed by atoms with van der Waals surface area (Å²) in [6.07, 6.45) is 1.49. The number of carbonyl (C=O) groups is 1. The smallest absolute Gasteiger partial charge is 0.271 e. The van der Waals surface area contributed by atoms with Gasteiger partial charge in [0.2, 0.25) is 0 Å². The van der Waals surface area contributed by atoms with Crippen LogP contribution in [0.4, 0.5) is 0 Å². The summed E-state index contributed by atoms with van der Waals surface area (Å²) in [5, 5.41) is 3.96. The summed E-state index contributed by atoms with van der Waals surface area (Å²) in [5.74, 6) is 1.57. The lowest BCUT2D eigenvalue weighted by Gasteiger charge is -2.09. The van der Waals surface area contributed by atoms with Crippen LogP contribution in [0.3, 0.4) is 0 Å². The van der Waals surface area contributed by atoms with Crippen molar-refractivity contribution in [1.82, 2.24) is 5.43 Å². The third kappa shape index (κ3) is 4.00. The third-order valence-electron chi connectivity index (χ3n) is 3.18. The number of rotatable bonds is 6. The zero-order chi connectivity index (χ0) is 16.7. The molecule has 0 fully saturated rings. The van der Waals surface area contributed by atoms with Crippen LogP contribution in [-0.2, 0) is 0 Å². The predicted molar refractivity (Wildman–Crippen MR) is 87.6 cm³/mol. The zero-order valence-electron chi connectivity index (χ0n) is 13.2. The van der Waals surface area contributed by atoms with Gasteiger partial charge < -0.3 is 14.2 Å². The number of nitrogens with zero attached hydrogens (tertiary/aromatic N) is 1. The molecule has 0 heterocycles. The minimum atomic E-state index is -0.322. The average Bonchev–Trinajstić information content (AvgIpc) is 2.61. The maximum Gasteiger partial charge on any atom is 0.271 e. The first-order valence-corrected chi connectivity index (χ1v) is 6.88. The van der Waals surface area contributed by atoms with Crippen molar-refractivity contribution in [3.05, 3.63) is 53.6 Å². The van der Waals surface area contributed by atoms with Gasteiger partial charge in [0.15, 0.2) is 0 Å². The minimum absolute atomic E-state index is 0.322. The van der Waals surface area contributed by atoms with Crippen LogP contribution in [0.1, 0.15) is 15.9 Å². The molecule has 23 heavy (non-hydrogen) atoms. The van der Waals surface area contributed by atoms with Crippen molar-refractivity contribution < 1.29 is 19.0 Å². The molecule has 0 spiro atoms. The second-order valence-corrected chi connectivity index (χ2v) is 4.50. The van der Waals surface area contributed by atoms with E-state index in [1.54, 1.807) is 57.7 Å². The van der Waals surface area contributed by atoms with E-state index in [4.69, 9.17) is 14.2 Å². The molecule has 0 atom stereocenters. The van der Waals surface area contributed by atoms with E-state index < -0.39 is 0 Å². The summed E-state index contributed by atoms with van der Waals surface area (Å²) >= 11 is 0. The highest BCUT2D eigenvalue weighted by molar-refractivity contribution is 5.95. The molecule has 0 unspecified atom stereocenters. The molecule has 0 radical (unpaired) electrons. The molecule has 6 nitrogen and oxygen atoms in total. The molecule has 0 bridgehead atoms. The summed E-state index contributed by atoms with van der Waals surface area (Å²) in [6, 6.07) is 12.1. The first-order chi connectivity index (χ1) is 11.2. The fourth-order valence-electron chi connectivity index (χ4n) is 1.97. The van der Waals surface area contributed by atoms with Gasteiger partial charge >= 0.3 is 0 Å². The average molecular weight is 314 g/mol. The number of methoxy groups -OCH3 is 3. The third-order valence-corrected chi connectivity index (χ3v) is 3.18. The number of benzene rings is 2. The molecular formula is C17H18N2O4. The standard InChI is InChI=1S/C17H18N2O4/c1-21-13-9-7-12(8-10-13)17(20)19-18-11-14-15(22-2)5-4-6-16(14)23-3/h4-11H,1-3H3,(H,19,20)/b18-11-. The first-order valence-electron chi connectivity index (χ1n) is 6.88. The Labute approximate surface area is 134 Å². The number of ether oxygens (including phenoxy) is 3. The molecule has 0 saturated heterocycles. The Kier molecular flexibility index (Phi) is 5.57. The zero-order valence-corrected chi connectivity index (χ0v) is 13.2. The van der Waals surface area contributed by atoms with Gasteiger partial charge in [0, 0.05) is 5.56 Å². The maximum atomic E-state index is 12.0. The molecule has 0 aliphatic heterocycles. The Morgan fingerprint density at radius 1 is 0.957 bits per heavy atom. The Balaban J connectivity index is 2.10. The SMILES string of the molecule is COc1ccc(C(=O)N/N=C\c2c(OC)cccc2OC)cc1. The van der Waals surface area contributed by atoms with Crippen LogP contribution in [0.2, 0.25) is 0 Å². The molecule has 0 aliphatic carbocycles. The van der Waals surface area contributed by atoms with Gasteiger partial charge in [-0.1, -0.05) is 6.07 Å². The van der Waals surface area contributed by atoms with Crippen LogP contribution in [-0.4, -0.2) is 33.5 Å². The number of amides is 1. The van der Waals surface area contributed by atoms with E-state index in [1.165, 1.54) is 6.21 Å². The number of hydrogen-bond acceptors (Lipinski definition) is 5. The second-order valence-electron chi connectivity index (χ2n) is 4.50. The van der Waals surface area contributed by atoms with E-state index in [0.717, 1.165) is 0 Å². The van der Waals surface area contributed by atoms with Gasteiger partial charge in [0.25, 0.3) is 5.91 Å². The van der Waals surface area contributed by atoms with E-state index >= 15 is 0 Å². The maximum absolute atomic E-state index is 12.0. The van der Waals surface area contributed by atoms with Gasteiger partial charge in [-0.05, 0) is 36.4 Å². The number of carbonyl (C=O) groups excluding carboxylic acids is 1. The number of hydrazone groups is 1. The van der Waals surface area contributed by atoms with Gasteiger partial charge in [-0.3, -0.25) is 4.79 Å². The molecule has 2 aromatic rings. The highest BCUT2D eigenvalue weighted by Crippen LogP contribution is 2.26. The Bertz CT molecular complexity index is 674. The highest BCUT2D eigenvalue weighted by Gasteiger charge is 2.08. The summed E-state index contributed by atoms with van der Waals surface area (Å²) in [5.41, 5.74) is 3.59. The van der Waals surface area contributed by atoms with E-state index in [-0.39, 0.29) is 5.91 Å². The van der Waals surface area contributed by atoms with Crippen LogP contribution < -0.4 is 19.6 Å². The van der Waals surface area contributed by atoms with E-state index in [0.29, 0.717) is 28.4 Å². The second kappa shape index (κ2) is 7.84. The first kappa shape index (κ1) is 16.4. The fourth-order valence-corrected chi connectivity index (χ4v) is 1.97. The van der Waals surface area contributed by atoms with Crippen molar-refractivity contribution in [2.24, 2.45) is 5.10 Å². The van der Waals surface area contributed by atoms with Crippen LogP contribution in [0.5, 0.6) is 17.2 Å². The summed E-state index contributed by atoms with van der Waals surface area (Å²) in [6.45, 7) is 0. The van der Waals surface area contributed by atoms with Gasteiger partial charge in [-0.25, -0.2) is 5.43 Å². The molecular weight excluding hydrogens is 296 g/mol. The van der Waals surface area contributed by atoms with Crippen LogP contribution in [0.15, 0.2) is 47.6 Å². The molecule has 6 heteroatoms. The van der Waals surface area contributed by atoms with Crippen molar-refractivity contribution in [3.8, 4) is 17.2 Å². The molecule has 1 amide bonds. The van der Waals surface area contributed by atoms with Crippen molar-refractivity contribution >= 4 is 12.1 Å². The molecule has 2 aromatic carbocycles. The number of hydrogen-bond donors (Lipinski definition) is 1. The molecule has 0 aliphatic rings. The van der Waals surface area contributed by atoms with Gasteiger partial charge in [-0.2, -0.15) is 5.10 Å². The van der Waals surface area contributed by atoms with E-state index in [1.807, 2.05) is 6.07 Å². The summed E-state index contributed by atoms with van der Waals surface area (Å²) in [7, 11) is 4.68. The van der Waals surface area contributed by atoms with Crippen molar-refractivity contribution in [2.45, 2.75) is 0 Å². The Morgan fingerprint density at radius 2 is 1.57 bits per heavy atom. The van der Waals surface area contributed by atoms with Crippen LogP contribution in [0, 0.1) is 0 Å². The van der Waals surface area contributed by atoms with E-state index in [2.05, 4.69) is 10.5 Å². The Morgan fingerprint density at radius 3 is 2.09 bits per heavy atom. The quantitative estimate of drug-likeness (QED) is 0.657. The molecule has 120 valence electrons. The lowest BCUT2D eigenvalue weighted by molar-refractivity contribution is 0.0955. The largest absolute Gasteiger partial charge is 0.497 e. The van der Waals surface area contributed by atoms with E-state index in [9.17, 15) is 4.79 Å². The van der Waals surface area contributed by atoms with Crippen LogP contribution in [0.25, 0.3) is 0 Å². The summed E-state index contributed by atoms with van der Waals surface area (Å²) in [4.78, 5) is 12.0. The van der Waals surface area contributed by atoms with Gasteiger partial charge in [0.05, 0.1) is 33.1 Å². The topological polar surface area (TPSA) is 69.2 Å². The summed E-state index contributed by atoms with van der Waals surface area (Å²) < 4.78 is 15.6. The van der Waals surface area contributed by atoms with Gasteiger partial charge in [-0.15, -0.1) is 0 Å². The lowest BCUT2D eigenvalue weighted by atomic mass is 10.2. The van der Waals surface area contributed by atoms with Crippen LogP contribution >= 0.6 is 0 Å². The Hall–Kier alpha value is -3.02. The van der Waals surface area contributed by atoms with Crippen molar-refractivity contribution in [1.29, 1.82) is 0 Å². The van der Waals surface area contributed by atoms with Crippen molar-refractivity contribution in [3.63, 3.8) is 0 Å². The molecule has 2 rings (SSSR count). The van der Waals surface area contributed by atoms with Crippen molar-refractivity contribution in [2.75, 3.05) is 21.3 Å².